The highest BCUT2D eigenvalue weighted by atomic mass is 16.5. The molecule has 0 aliphatic rings. The largest absolute Gasteiger partial charge is 0.467 e. The minimum Gasteiger partial charge on any atom is -0.467 e. The average molecular weight is 327 g/mol. The van der Waals surface area contributed by atoms with E-state index in [2.05, 4.69) is 10.1 Å². The second-order valence-electron chi connectivity index (χ2n) is 5.38. The Morgan fingerprint density at radius 3 is 2.25 bits per heavy atom. The highest BCUT2D eigenvalue weighted by Gasteiger charge is 2.30. The summed E-state index contributed by atoms with van der Waals surface area (Å²) in [5, 5.41) is 12.9. The van der Waals surface area contributed by atoms with E-state index in [1.54, 1.807) is 36.4 Å². The van der Waals surface area contributed by atoms with Gasteiger partial charge in [0.05, 0.1) is 13.2 Å². The number of carbonyl (C=O) groups excluding carboxylic acids is 2. The molecule has 0 fully saturated rings. The molecule has 0 saturated heterocycles. The van der Waals surface area contributed by atoms with Crippen molar-refractivity contribution in [3.63, 3.8) is 0 Å². The van der Waals surface area contributed by atoms with Crippen LogP contribution in [0.3, 0.4) is 0 Å². The van der Waals surface area contributed by atoms with Crippen molar-refractivity contribution in [3.05, 3.63) is 71.3 Å². The molecular formula is C19H21NO4. The molecule has 0 spiro atoms. The molecule has 0 unspecified atom stereocenters. The van der Waals surface area contributed by atoms with Crippen LogP contribution in [-0.4, -0.2) is 30.2 Å². The van der Waals surface area contributed by atoms with Gasteiger partial charge >= 0.3 is 5.97 Å². The van der Waals surface area contributed by atoms with Crippen molar-refractivity contribution in [2.45, 2.75) is 25.5 Å². The number of methoxy groups -OCH3 is 1. The molecule has 0 heterocycles. The Morgan fingerprint density at radius 2 is 1.71 bits per heavy atom. The van der Waals surface area contributed by atoms with Gasteiger partial charge in [-0.05, 0) is 29.7 Å². The van der Waals surface area contributed by atoms with Gasteiger partial charge < -0.3 is 15.2 Å². The number of aryl methyl sites for hydroxylation is 1. The molecule has 0 aromatic heterocycles. The lowest BCUT2D eigenvalue weighted by molar-refractivity contribution is -0.151. The Hall–Kier alpha value is -2.66. The third-order valence-electron chi connectivity index (χ3n) is 3.83. The van der Waals surface area contributed by atoms with E-state index < -0.39 is 18.1 Å². The van der Waals surface area contributed by atoms with Crippen LogP contribution in [0.25, 0.3) is 0 Å². The molecule has 24 heavy (non-hydrogen) atoms. The lowest BCUT2D eigenvalue weighted by Gasteiger charge is -2.23. The summed E-state index contributed by atoms with van der Waals surface area (Å²) in [6.45, 7) is 2.03. The van der Waals surface area contributed by atoms with Crippen LogP contribution in [0.1, 0.15) is 34.5 Å². The van der Waals surface area contributed by atoms with Gasteiger partial charge in [0.2, 0.25) is 0 Å². The number of esters is 1. The molecule has 0 aliphatic carbocycles. The normalized spacial score (nSPS) is 13.0. The molecule has 2 N–H and O–H groups in total. The van der Waals surface area contributed by atoms with Gasteiger partial charge in [0.15, 0.2) is 6.10 Å². The number of amides is 1. The number of hydrogen-bond acceptors (Lipinski definition) is 4. The molecule has 2 aromatic carbocycles. The first kappa shape index (κ1) is 17.7. The minimum atomic E-state index is -1.49. The monoisotopic (exact) mass is 327 g/mol. The van der Waals surface area contributed by atoms with E-state index in [0.29, 0.717) is 11.1 Å². The van der Waals surface area contributed by atoms with Crippen LogP contribution >= 0.6 is 0 Å². The molecule has 2 rings (SSSR count). The molecule has 0 radical (unpaired) electrons. The highest BCUT2D eigenvalue weighted by molar-refractivity contribution is 5.95. The van der Waals surface area contributed by atoms with Crippen molar-refractivity contribution in [2.75, 3.05) is 7.11 Å². The Balaban J connectivity index is 2.23. The van der Waals surface area contributed by atoms with E-state index in [0.717, 1.165) is 12.0 Å². The third-order valence-corrected chi connectivity index (χ3v) is 3.83. The van der Waals surface area contributed by atoms with E-state index in [1.807, 2.05) is 25.1 Å². The van der Waals surface area contributed by atoms with Crippen LogP contribution in [0.5, 0.6) is 0 Å². The first-order valence-corrected chi connectivity index (χ1v) is 7.77. The van der Waals surface area contributed by atoms with Crippen molar-refractivity contribution < 1.29 is 19.4 Å². The SMILES string of the molecule is CCc1ccc(C(=O)N[C@@H](c2ccccc2)[C@@H](O)C(=O)OC)cc1. The predicted molar refractivity (Wildman–Crippen MR) is 90.5 cm³/mol. The highest BCUT2D eigenvalue weighted by Crippen LogP contribution is 2.19. The Morgan fingerprint density at radius 1 is 1.08 bits per heavy atom. The van der Waals surface area contributed by atoms with Crippen LogP contribution < -0.4 is 5.32 Å². The topological polar surface area (TPSA) is 75.6 Å². The summed E-state index contributed by atoms with van der Waals surface area (Å²) in [6.07, 6.45) is -0.605. The average Bonchev–Trinajstić information content (AvgIpc) is 2.65. The Bertz CT molecular complexity index is 682. The van der Waals surface area contributed by atoms with Gasteiger partial charge in [0.25, 0.3) is 5.91 Å². The molecular weight excluding hydrogens is 306 g/mol. The number of aliphatic hydroxyl groups excluding tert-OH is 1. The summed E-state index contributed by atoms with van der Waals surface area (Å²) in [4.78, 5) is 24.2. The molecule has 126 valence electrons. The fraction of sp³-hybridized carbons (Fsp3) is 0.263. The van der Waals surface area contributed by atoms with Crippen molar-refractivity contribution in [2.24, 2.45) is 0 Å². The number of ether oxygens (including phenoxy) is 1. The zero-order valence-electron chi connectivity index (χ0n) is 13.7. The number of aliphatic hydroxyl groups is 1. The van der Waals surface area contributed by atoms with Crippen molar-refractivity contribution in [1.29, 1.82) is 0 Å². The molecule has 2 aromatic rings. The van der Waals surface area contributed by atoms with Gasteiger partial charge in [0.1, 0.15) is 0 Å². The first-order chi connectivity index (χ1) is 11.6. The summed E-state index contributed by atoms with van der Waals surface area (Å²) in [5.41, 5.74) is 2.21. The van der Waals surface area contributed by atoms with E-state index in [-0.39, 0.29) is 5.91 Å². The number of rotatable bonds is 6. The van der Waals surface area contributed by atoms with Gasteiger partial charge in [-0.25, -0.2) is 4.79 Å². The van der Waals surface area contributed by atoms with E-state index >= 15 is 0 Å². The third kappa shape index (κ3) is 4.20. The predicted octanol–water partition coefficient (Wildman–Crippen LogP) is 2.25. The maximum atomic E-state index is 12.5. The smallest absolute Gasteiger partial charge is 0.337 e. The molecule has 2 atom stereocenters. The van der Waals surface area contributed by atoms with Crippen LogP contribution in [0.4, 0.5) is 0 Å². The van der Waals surface area contributed by atoms with Crippen molar-refractivity contribution in [3.8, 4) is 0 Å². The van der Waals surface area contributed by atoms with E-state index in [1.165, 1.54) is 7.11 Å². The quantitative estimate of drug-likeness (QED) is 0.798. The van der Waals surface area contributed by atoms with Gasteiger partial charge in [-0.3, -0.25) is 4.79 Å². The fourth-order valence-electron chi connectivity index (χ4n) is 2.38. The van der Waals surface area contributed by atoms with Gasteiger partial charge in [-0.15, -0.1) is 0 Å². The fourth-order valence-corrected chi connectivity index (χ4v) is 2.38. The van der Waals surface area contributed by atoms with Gasteiger partial charge in [-0.1, -0.05) is 49.4 Å². The summed E-state index contributed by atoms with van der Waals surface area (Å²) in [6, 6.07) is 15.1. The second-order valence-corrected chi connectivity index (χ2v) is 5.38. The van der Waals surface area contributed by atoms with E-state index in [4.69, 9.17) is 0 Å². The number of nitrogens with one attached hydrogen (secondary N) is 1. The van der Waals surface area contributed by atoms with Crippen molar-refractivity contribution >= 4 is 11.9 Å². The number of benzene rings is 2. The Kier molecular flexibility index (Phi) is 6.09. The summed E-state index contributed by atoms with van der Waals surface area (Å²) < 4.78 is 4.59. The molecule has 0 bridgehead atoms. The van der Waals surface area contributed by atoms with Crippen molar-refractivity contribution in [1.82, 2.24) is 5.32 Å². The molecule has 0 saturated carbocycles. The standard InChI is InChI=1S/C19H21NO4/c1-3-13-9-11-15(12-10-13)18(22)20-16(17(21)19(23)24-2)14-7-5-4-6-8-14/h4-12,16-17,21H,3H2,1-2H3,(H,20,22)/t16-,17+/m0/s1. The summed E-state index contributed by atoms with van der Waals surface area (Å²) in [7, 11) is 1.19. The first-order valence-electron chi connectivity index (χ1n) is 7.77. The molecule has 1 amide bonds. The molecule has 5 nitrogen and oxygen atoms in total. The molecule has 0 aliphatic heterocycles. The minimum absolute atomic E-state index is 0.366. The maximum Gasteiger partial charge on any atom is 0.337 e. The van der Waals surface area contributed by atoms with Crippen LogP contribution in [0, 0.1) is 0 Å². The lowest BCUT2D eigenvalue weighted by atomic mass is 10.0. The zero-order chi connectivity index (χ0) is 17.5. The van der Waals surface area contributed by atoms with E-state index in [9.17, 15) is 14.7 Å². The molecule has 5 heteroatoms. The van der Waals surface area contributed by atoms with Crippen LogP contribution in [0.2, 0.25) is 0 Å². The van der Waals surface area contributed by atoms with Crippen LogP contribution in [0.15, 0.2) is 54.6 Å². The zero-order valence-corrected chi connectivity index (χ0v) is 13.7. The Labute approximate surface area is 141 Å². The van der Waals surface area contributed by atoms with Gasteiger partial charge in [0, 0.05) is 5.56 Å². The summed E-state index contributed by atoms with van der Waals surface area (Å²) in [5.74, 6) is -1.17. The summed E-state index contributed by atoms with van der Waals surface area (Å²) >= 11 is 0. The number of carbonyl (C=O) groups is 2. The lowest BCUT2D eigenvalue weighted by Crippen LogP contribution is -2.40. The van der Waals surface area contributed by atoms with Gasteiger partial charge in [-0.2, -0.15) is 0 Å². The second kappa shape index (κ2) is 8.26. The maximum absolute atomic E-state index is 12.5. The van der Waals surface area contributed by atoms with Crippen LogP contribution in [-0.2, 0) is 16.0 Å². The number of hydrogen-bond donors (Lipinski definition) is 2.